The number of methoxy groups -OCH3 is 1. The van der Waals surface area contributed by atoms with Gasteiger partial charge in [-0.1, -0.05) is 38.1 Å². The number of hydrogen-bond donors (Lipinski definition) is 0. The fourth-order valence-electron chi connectivity index (χ4n) is 4.84. The number of sulfonamides is 1. The maximum atomic E-state index is 13.5. The smallest absolute Gasteiger partial charge is 0.329 e. The van der Waals surface area contributed by atoms with E-state index in [1.54, 1.807) is 24.3 Å². The molecule has 3 atom stereocenters. The minimum Gasteiger partial charge on any atom is -0.467 e. The third-order valence-electron chi connectivity index (χ3n) is 6.22. The number of piperidine rings is 1. The molecular formula is C24H28N2O5S. The standard InChI is InChI=1S/C24H28N2O5S/c1-16-11-17(2)15-25(14-16)32(29,30)20-9-6-8-19(12-20)23(27)26-21-10-5-4-7-18(21)13-22(26)24(28)31-3/h4-10,12,16-17,22H,11,13-15H2,1-3H3. The predicted molar refractivity (Wildman–Crippen MR) is 121 cm³/mol. The largest absolute Gasteiger partial charge is 0.467 e. The molecule has 3 unspecified atom stereocenters. The van der Waals surface area contributed by atoms with Gasteiger partial charge in [-0.25, -0.2) is 13.2 Å². The lowest BCUT2D eigenvalue weighted by Gasteiger charge is -2.34. The van der Waals surface area contributed by atoms with Gasteiger partial charge in [-0.3, -0.25) is 9.69 Å². The zero-order valence-corrected chi connectivity index (χ0v) is 19.3. The van der Waals surface area contributed by atoms with E-state index in [9.17, 15) is 18.0 Å². The van der Waals surface area contributed by atoms with E-state index in [0.29, 0.717) is 25.2 Å². The lowest BCUT2D eigenvalue weighted by atomic mass is 9.94. The zero-order chi connectivity index (χ0) is 23.0. The average molecular weight is 457 g/mol. The first-order chi connectivity index (χ1) is 15.2. The number of ether oxygens (including phenoxy) is 1. The van der Waals surface area contributed by atoms with Crippen LogP contribution in [0.2, 0.25) is 0 Å². The van der Waals surface area contributed by atoms with Gasteiger partial charge in [0.1, 0.15) is 6.04 Å². The molecule has 4 rings (SSSR count). The number of anilines is 1. The zero-order valence-electron chi connectivity index (χ0n) is 18.5. The first-order valence-electron chi connectivity index (χ1n) is 10.8. The van der Waals surface area contributed by atoms with E-state index in [0.717, 1.165) is 12.0 Å². The van der Waals surface area contributed by atoms with E-state index in [2.05, 4.69) is 13.8 Å². The summed E-state index contributed by atoms with van der Waals surface area (Å²) in [6, 6.07) is 12.6. The van der Waals surface area contributed by atoms with Gasteiger partial charge in [-0.2, -0.15) is 4.31 Å². The van der Waals surface area contributed by atoms with Gasteiger partial charge < -0.3 is 4.74 Å². The van der Waals surface area contributed by atoms with Crippen LogP contribution >= 0.6 is 0 Å². The van der Waals surface area contributed by atoms with E-state index >= 15 is 0 Å². The van der Waals surface area contributed by atoms with Crippen molar-refractivity contribution in [3.8, 4) is 0 Å². The third kappa shape index (κ3) is 4.04. The Labute approximate surface area is 189 Å². The van der Waals surface area contributed by atoms with Crippen LogP contribution in [0.1, 0.15) is 36.2 Å². The van der Waals surface area contributed by atoms with E-state index in [1.165, 1.54) is 28.4 Å². The summed E-state index contributed by atoms with van der Waals surface area (Å²) >= 11 is 0. The van der Waals surface area contributed by atoms with Crippen LogP contribution in [0.3, 0.4) is 0 Å². The molecular weight excluding hydrogens is 428 g/mol. The van der Waals surface area contributed by atoms with Crippen molar-refractivity contribution in [3.05, 3.63) is 59.7 Å². The normalized spacial score (nSPS) is 23.6. The molecule has 0 spiro atoms. The number of carbonyl (C=O) groups is 2. The van der Waals surface area contributed by atoms with Crippen LogP contribution in [-0.2, 0) is 26.0 Å². The monoisotopic (exact) mass is 456 g/mol. The number of para-hydroxylation sites is 1. The van der Waals surface area contributed by atoms with Gasteiger partial charge >= 0.3 is 5.97 Å². The van der Waals surface area contributed by atoms with Crippen LogP contribution in [0.5, 0.6) is 0 Å². The second-order valence-electron chi connectivity index (χ2n) is 8.84. The molecule has 1 saturated heterocycles. The number of fused-ring (bicyclic) bond motifs is 1. The SMILES string of the molecule is COC(=O)C1Cc2ccccc2N1C(=O)c1cccc(S(=O)(=O)N2CC(C)CC(C)C2)c1. The van der Waals surface area contributed by atoms with Crippen LogP contribution < -0.4 is 4.90 Å². The van der Waals surface area contributed by atoms with Crippen molar-refractivity contribution in [1.82, 2.24) is 4.31 Å². The van der Waals surface area contributed by atoms with Crippen molar-refractivity contribution in [3.63, 3.8) is 0 Å². The summed E-state index contributed by atoms with van der Waals surface area (Å²) < 4.78 is 33.1. The molecule has 0 bridgehead atoms. The number of esters is 1. The van der Waals surface area contributed by atoms with E-state index < -0.39 is 27.9 Å². The fraction of sp³-hybridized carbons (Fsp3) is 0.417. The topological polar surface area (TPSA) is 84.0 Å². The summed E-state index contributed by atoms with van der Waals surface area (Å²) in [5.74, 6) is -0.377. The van der Waals surface area contributed by atoms with Gasteiger partial charge in [0.25, 0.3) is 5.91 Å². The molecule has 7 nitrogen and oxygen atoms in total. The quantitative estimate of drug-likeness (QED) is 0.660. The minimum absolute atomic E-state index is 0.0896. The Morgan fingerprint density at radius 1 is 1.00 bits per heavy atom. The highest BCUT2D eigenvalue weighted by atomic mass is 32.2. The molecule has 32 heavy (non-hydrogen) atoms. The summed E-state index contributed by atoms with van der Waals surface area (Å²) in [7, 11) is -2.44. The maximum Gasteiger partial charge on any atom is 0.329 e. The Kier molecular flexibility index (Phi) is 6.09. The Hall–Kier alpha value is -2.71. The minimum atomic E-state index is -3.73. The van der Waals surface area contributed by atoms with Crippen molar-refractivity contribution in [2.45, 2.75) is 37.6 Å². The molecule has 1 amide bonds. The van der Waals surface area contributed by atoms with Gasteiger partial charge in [0.05, 0.1) is 12.0 Å². The molecule has 8 heteroatoms. The lowest BCUT2D eigenvalue weighted by Crippen LogP contribution is -2.44. The van der Waals surface area contributed by atoms with Crippen molar-refractivity contribution in [2.24, 2.45) is 11.8 Å². The molecule has 2 aromatic carbocycles. The van der Waals surface area contributed by atoms with Gasteiger partial charge in [0.2, 0.25) is 10.0 Å². The number of amides is 1. The highest BCUT2D eigenvalue weighted by Crippen LogP contribution is 2.34. The van der Waals surface area contributed by atoms with Crippen LogP contribution in [0.15, 0.2) is 53.4 Å². The Morgan fingerprint density at radius 3 is 2.38 bits per heavy atom. The average Bonchev–Trinajstić information content (AvgIpc) is 3.17. The Balaban J connectivity index is 1.68. The van der Waals surface area contributed by atoms with Crippen molar-refractivity contribution in [1.29, 1.82) is 0 Å². The van der Waals surface area contributed by atoms with Gasteiger partial charge in [0, 0.05) is 30.8 Å². The number of carbonyl (C=O) groups excluding carboxylic acids is 2. The molecule has 0 N–H and O–H groups in total. The summed E-state index contributed by atoms with van der Waals surface area (Å²) in [5.41, 5.74) is 1.73. The van der Waals surface area contributed by atoms with Gasteiger partial charge in [-0.05, 0) is 48.1 Å². The van der Waals surface area contributed by atoms with Crippen molar-refractivity contribution >= 4 is 27.6 Å². The Bertz CT molecular complexity index is 1140. The van der Waals surface area contributed by atoms with E-state index in [-0.39, 0.29) is 22.3 Å². The molecule has 0 aromatic heterocycles. The van der Waals surface area contributed by atoms with Crippen LogP contribution in [0, 0.1) is 11.8 Å². The summed E-state index contributed by atoms with van der Waals surface area (Å²) in [6.45, 7) is 5.04. The van der Waals surface area contributed by atoms with Crippen LogP contribution in [0.4, 0.5) is 5.69 Å². The second kappa shape index (κ2) is 8.67. The summed E-state index contributed by atoms with van der Waals surface area (Å²) in [6.07, 6.45) is 1.35. The molecule has 2 aliphatic heterocycles. The highest BCUT2D eigenvalue weighted by Gasteiger charge is 2.40. The number of nitrogens with zero attached hydrogens (tertiary/aromatic N) is 2. The Morgan fingerprint density at radius 2 is 1.69 bits per heavy atom. The second-order valence-corrected chi connectivity index (χ2v) is 10.8. The van der Waals surface area contributed by atoms with Gasteiger partial charge in [0.15, 0.2) is 0 Å². The van der Waals surface area contributed by atoms with Crippen molar-refractivity contribution in [2.75, 3.05) is 25.1 Å². The van der Waals surface area contributed by atoms with Crippen LogP contribution in [-0.4, -0.2) is 50.8 Å². The molecule has 2 heterocycles. The molecule has 170 valence electrons. The fourth-order valence-corrected chi connectivity index (χ4v) is 6.57. The number of hydrogen-bond acceptors (Lipinski definition) is 5. The first-order valence-corrected chi connectivity index (χ1v) is 12.3. The van der Waals surface area contributed by atoms with E-state index in [4.69, 9.17) is 4.74 Å². The van der Waals surface area contributed by atoms with Crippen LogP contribution in [0.25, 0.3) is 0 Å². The van der Waals surface area contributed by atoms with Gasteiger partial charge in [-0.15, -0.1) is 0 Å². The van der Waals surface area contributed by atoms with E-state index in [1.807, 2.05) is 12.1 Å². The molecule has 0 saturated carbocycles. The summed E-state index contributed by atoms with van der Waals surface area (Å²) in [5, 5.41) is 0. The molecule has 2 aliphatic rings. The molecule has 0 radical (unpaired) electrons. The number of rotatable bonds is 4. The highest BCUT2D eigenvalue weighted by molar-refractivity contribution is 7.89. The number of benzene rings is 2. The third-order valence-corrected chi connectivity index (χ3v) is 8.05. The summed E-state index contributed by atoms with van der Waals surface area (Å²) in [4.78, 5) is 27.4. The first kappa shape index (κ1) is 22.5. The molecule has 1 fully saturated rings. The molecule has 0 aliphatic carbocycles. The maximum absolute atomic E-state index is 13.5. The predicted octanol–water partition coefficient (Wildman–Crippen LogP) is 3.10. The molecule has 2 aromatic rings. The lowest BCUT2D eigenvalue weighted by molar-refractivity contribution is -0.141. The van der Waals surface area contributed by atoms with Crippen molar-refractivity contribution < 1.29 is 22.7 Å².